The van der Waals surface area contributed by atoms with Crippen LogP contribution in [0.3, 0.4) is 0 Å². The minimum Gasteiger partial charge on any atom is -0.489 e. The summed E-state index contributed by atoms with van der Waals surface area (Å²) < 4.78 is 95.8. The second-order valence-electron chi connectivity index (χ2n) is 10.2. The smallest absolute Gasteiger partial charge is 0.420 e. The molecule has 14 heteroatoms. The van der Waals surface area contributed by atoms with Crippen molar-refractivity contribution in [1.82, 2.24) is 4.98 Å². The van der Waals surface area contributed by atoms with E-state index in [-0.39, 0.29) is 46.4 Å². The highest BCUT2D eigenvalue weighted by Crippen LogP contribution is 2.41. The Balaban J connectivity index is 1.83. The second-order valence-corrected chi connectivity index (χ2v) is 13.5. The lowest BCUT2D eigenvalue weighted by atomic mass is 9.98. The molecule has 0 aliphatic heterocycles. The first-order chi connectivity index (χ1) is 19.5. The van der Waals surface area contributed by atoms with Crippen LogP contribution in [0.4, 0.5) is 17.6 Å². The van der Waals surface area contributed by atoms with Crippen molar-refractivity contribution in [3.8, 4) is 16.9 Å². The number of aromatic nitrogens is 1. The normalized spacial score (nSPS) is 12.8. The number of rotatable bonds is 8. The van der Waals surface area contributed by atoms with Gasteiger partial charge in [0.05, 0.1) is 17.4 Å². The Morgan fingerprint density at radius 3 is 2.50 bits per heavy atom. The highest BCUT2D eigenvalue weighted by molar-refractivity contribution is 9.10. The molecule has 222 valence electrons. The number of nitrogens with zero attached hydrogens (tertiary/aromatic N) is 2. The quantitative estimate of drug-likeness (QED) is 0.156. The zero-order chi connectivity index (χ0) is 31.0. The Morgan fingerprint density at radius 1 is 1.14 bits per heavy atom. The second kappa shape index (κ2) is 11.5. The number of sulfonamides is 1. The van der Waals surface area contributed by atoms with Gasteiger partial charge >= 0.3 is 12.1 Å². The molecule has 4 aromatic rings. The summed E-state index contributed by atoms with van der Waals surface area (Å²) in [5.74, 6) is -1.96. The van der Waals surface area contributed by atoms with E-state index in [0.717, 1.165) is 12.4 Å². The highest BCUT2D eigenvalue weighted by Gasteiger charge is 2.36. The SMILES string of the molecule is CC(C)(C)S(=O)(=O)N=Cc1nccc(-c2cc(COc3cc(Br)ccc3CC(=O)O)cc3c(C(F)(F)F)coc23)c1F. The zero-order valence-corrected chi connectivity index (χ0v) is 24.7. The molecule has 2 heterocycles. The van der Waals surface area contributed by atoms with Crippen LogP contribution in [0.15, 0.2) is 62.1 Å². The number of hydrogen-bond acceptors (Lipinski definition) is 6. The van der Waals surface area contributed by atoms with Crippen LogP contribution in [0.1, 0.15) is 43.2 Å². The summed E-state index contributed by atoms with van der Waals surface area (Å²) in [6.45, 7) is 3.94. The number of ether oxygens (including phenoxy) is 1. The van der Waals surface area contributed by atoms with Gasteiger partial charge in [0, 0.05) is 32.7 Å². The fraction of sp³-hybridized carbons (Fsp3) is 0.250. The number of hydrogen-bond donors (Lipinski definition) is 1. The van der Waals surface area contributed by atoms with E-state index in [9.17, 15) is 31.5 Å². The average Bonchev–Trinajstić information content (AvgIpc) is 3.32. The van der Waals surface area contributed by atoms with Gasteiger partial charge in [-0.3, -0.25) is 9.78 Å². The van der Waals surface area contributed by atoms with Crippen molar-refractivity contribution in [2.75, 3.05) is 0 Å². The number of carbonyl (C=O) groups is 1. The highest BCUT2D eigenvalue weighted by atomic mass is 79.9. The minimum absolute atomic E-state index is 0.0742. The first kappa shape index (κ1) is 31.2. The Hall–Kier alpha value is -3.78. The van der Waals surface area contributed by atoms with Crippen LogP contribution < -0.4 is 4.74 Å². The van der Waals surface area contributed by atoms with E-state index >= 15 is 4.39 Å². The molecule has 1 N–H and O–H groups in total. The maximum Gasteiger partial charge on any atom is 0.420 e. The third-order valence-electron chi connectivity index (χ3n) is 6.10. The van der Waals surface area contributed by atoms with Gasteiger partial charge in [0.15, 0.2) is 5.82 Å². The van der Waals surface area contributed by atoms with Crippen molar-refractivity contribution in [2.24, 2.45) is 4.40 Å². The summed E-state index contributed by atoms with van der Waals surface area (Å²) in [5.41, 5.74) is -1.59. The number of pyridine rings is 1. The summed E-state index contributed by atoms with van der Waals surface area (Å²) in [6, 6.07) is 8.45. The van der Waals surface area contributed by atoms with E-state index in [4.69, 9.17) is 9.15 Å². The molecular weight excluding hydrogens is 648 g/mol. The van der Waals surface area contributed by atoms with Crippen LogP contribution in [0.2, 0.25) is 0 Å². The summed E-state index contributed by atoms with van der Waals surface area (Å²) in [6.07, 6.45) is -2.73. The molecule has 2 aromatic heterocycles. The number of benzene rings is 2. The molecule has 4 rings (SSSR count). The van der Waals surface area contributed by atoms with E-state index in [2.05, 4.69) is 25.3 Å². The van der Waals surface area contributed by atoms with Crippen LogP contribution in [0, 0.1) is 5.82 Å². The lowest BCUT2D eigenvalue weighted by molar-refractivity contribution is -0.137. The van der Waals surface area contributed by atoms with Gasteiger partial charge in [-0.05, 0) is 56.7 Å². The van der Waals surface area contributed by atoms with Gasteiger partial charge in [-0.15, -0.1) is 0 Å². The van der Waals surface area contributed by atoms with Crippen molar-refractivity contribution < 1.29 is 45.0 Å². The maximum atomic E-state index is 15.7. The zero-order valence-electron chi connectivity index (χ0n) is 22.3. The molecule has 2 aromatic carbocycles. The van der Waals surface area contributed by atoms with Crippen LogP contribution in [-0.2, 0) is 34.0 Å². The van der Waals surface area contributed by atoms with Gasteiger partial charge in [0.2, 0.25) is 0 Å². The fourth-order valence-corrected chi connectivity index (χ4v) is 4.76. The Kier molecular flexibility index (Phi) is 8.52. The molecule has 0 unspecified atom stereocenters. The Morgan fingerprint density at radius 2 is 1.86 bits per heavy atom. The van der Waals surface area contributed by atoms with E-state index in [0.29, 0.717) is 16.3 Å². The minimum atomic E-state index is -4.79. The molecule has 0 aliphatic rings. The number of carboxylic acids is 1. The standard InChI is InChI=1S/C28H23BrF4N2O6S/c1-27(2,3)42(38,39)35-12-22-25(30)18(6-7-34-22)19-8-15(9-20-21(28(31,32)33)14-41-26(19)20)13-40-23-11-17(29)5-4-16(23)10-24(36)37/h4-9,11-12,14H,10,13H2,1-3H3,(H,36,37). The average molecular weight is 671 g/mol. The lowest BCUT2D eigenvalue weighted by Gasteiger charge is -2.15. The third-order valence-corrected chi connectivity index (χ3v) is 8.52. The van der Waals surface area contributed by atoms with E-state index < -0.39 is 44.0 Å². The number of alkyl halides is 3. The number of furan rings is 1. The summed E-state index contributed by atoms with van der Waals surface area (Å²) in [5, 5.41) is 8.85. The predicted octanol–water partition coefficient (Wildman–Crippen LogP) is 7.17. The molecule has 0 bridgehead atoms. The molecule has 0 aliphatic carbocycles. The topological polar surface area (TPSA) is 119 Å². The first-order valence-corrected chi connectivity index (χ1v) is 14.4. The van der Waals surface area contributed by atoms with Crippen molar-refractivity contribution >= 4 is 49.1 Å². The lowest BCUT2D eigenvalue weighted by Crippen LogP contribution is -2.25. The van der Waals surface area contributed by atoms with Crippen molar-refractivity contribution in [3.05, 3.63) is 81.5 Å². The molecule has 42 heavy (non-hydrogen) atoms. The fourth-order valence-electron chi connectivity index (χ4n) is 3.87. The molecule has 0 saturated heterocycles. The van der Waals surface area contributed by atoms with Crippen molar-refractivity contribution in [1.29, 1.82) is 0 Å². The Bertz CT molecular complexity index is 1810. The molecule has 0 atom stereocenters. The molecule has 0 spiro atoms. The van der Waals surface area contributed by atoms with E-state index in [1.807, 2.05) is 0 Å². The van der Waals surface area contributed by atoms with Gasteiger partial charge in [0.25, 0.3) is 10.0 Å². The van der Waals surface area contributed by atoms with Crippen molar-refractivity contribution in [3.63, 3.8) is 0 Å². The van der Waals surface area contributed by atoms with E-state index in [1.165, 1.54) is 51.1 Å². The predicted molar refractivity (Wildman–Crippen MR) is 150 cm³/mol. The molecule has 0 radical (unpaired) electrons. The molecule has 0 fully saturated rings. The van der Waals surface area contributed by atoms with Gasteiger partial charge in [-0.1, -0.05) is 22.0 Å². The van der Waals surface area contributed by atoms with Crippen LogP contribution >= 0.6 is 15.9 Å². The number of aliphatic carboxylic acids is 1. The molecule has 8 nitrogen and oxygen atoms in total. The van der Waals surface area contributed by atoms with Crippen LogP contribution in [-0.4, -0.2) is 35.4 Å². The largest absolute Gasteiger partial charge is 0.489 e. The van der Waals surface area contributed by atoms with Crippen molar-refractivity contribution in [2.45, 2.75) is 44.7 Å². The summed E-state index contributed by atoms with van der Waals surface area (Å²) >= 11 is 3.28. The molecule has 0 saturated carbocycles. The third kappa shape index (κ3) is 6.65. The van der Waals surface area contributed by atoms with Crippen LogP contribution in [0.25, 0.3) is 22.1 Å². The van der Waals surface area contributed by atoms with Crippen LogP contribution in [0.5, 0.6) is 5.75 Å². The van der Waals surface area contributed by atoms with Gasteiger partial charge < -0.3 is 14.3 Å². The number of fused-ring (bicyclic) bond motifs is 1. The Labute approximate surface area is 246 Å². The molecule has 0 amide bonds. The number of carboxylic acid groups (broad SMARTS) is 1. The summed E-state index contributed by atoms with van der Waals surface area (Å²) in [7, 11) is -4.03. The number of halogens is 5. The molecular formula is C28H23BrF4N2O6S. The van der Waals surface area contributed by atoms with Gasteiger partial charge in [0.1, 0.15) is 35.5 Å². The van der Waals surface area contributed by atoms with Gasteiger partial charge in [-0.25, -0.2) is 12.8 Å². The maximum absolute atomic E-state index is 15.7. The van der Waals surface area contributed by atoms with E-state index in [1.54, 1.807) is 6.07 Å². The van der Waals surface area contributed by atoms with Gasteiger partial charge in [-0.2, -0.15) is 17.6 Å². The first-order valence-electron chi connectivity index (χ1n) is 12.2. The monoisotopic (exact) mass is 670 g/mol. The summed E-state index contributed by atoms with van der Waals surface area (Å²) in [4.78, 5) is 15.1.